The Kier molecular flexibility index (Phi) is 4.36. The molecule has 0 aromatic heterocycles. The Balaban J connectivity index is 2.08. The number of rotatable bonds is 4. The lowest BCUT2D eigenvalue weighted by Crippen LogP contribution is -2.41. The molecule has 0 spiro atoms. The summed E-state index contributed by atoms with van der Waals surface area (Å²) in [5, 5.41) is 2.84. The molecule has 0 aliphatic carbocycles. The molecule has 0 heterocycles. The lowest BCUT2D eigenvalue weighted by atomic mass is 9.94. The predicted molar refractivity (Wildman–Crippen MR) is 77.7 cm³/mol. The molecular weight excluding hydrogens is 272 g/mol. The van der Waals surface area contributed by atoms with Gasteiger partial charge in [-0.1, -0.05) is 30.3 Å². The SMILES string of the molecule is CC(C)(NC(=O)Cc1ccccc1F)c1ccc(F)cc1. The molecule has 0 fully saturated rings. The van der Waals surface area contributed by atoms with Gasteiger partial charge in [0, 0.05) is 0 Å². The number of benzene rings is 2. The summed E-state index contributed by atoms with van der Waals surface area (Å²) >= 11 is 0. The van der Waals surface area contributed by atoms with Crippen molar-refractivity contribution < 1.29 is 13.6 Å². The second-order valence-corrected chi connectivity index (χ2v) is 5.45. The highest BCUT2D eigenvalue weighted by atomic mass is 19.1. The van der Waals surface area contributed by atoms with Crippen LogP contribution >= 0.6 is 0 Å². The predicted octanol–water partition coefficient (Wildman–Crippen LogP) is 3.56. The molecule has 0 saturated carbocycles. The van der Waals surface area contributed by atoms with Crippen molar-refractivity contribution in [2.75, 3.05) is 0 Å². The monoisotopic (exact) mass is 289 g/mol. The van der Waals surface area contributed by atoms with Crippen LogP contribution in [0.1, 0.15) is 25.0 Å². The van der Waals surface area contributed by atoms with E-state index in [9.17, 15) is 13.6 Å². The molecule has 0 saturated heterocycles. The lowest BCUT2D eigenvalue weighted by Gasteiger charge is -2.27. The Morgan fingerprint density at radius 2 is 1.67 bits per heavy atom. The van der Waals surface area contributed by atoms with E-state index in [2.05, 4.69) is 5.32 Å². The minimum Gasteiger partial charge on any atom is -0.347 e. The van der Waals surface area contributed by atoms with Crippen LogP contribution in [0.5, 0.6) is 0 Å². The zero-order valence-electron chi connectivity index (χ0n) is 12.0. The molecule has 21 heavy (non-hydrogen) atoms. The highest BCUT2D eigenvalue weighted by molar-refractivity contribution is 5.79. The van der Waals surface area contributed by atoms with E-state index >= 15 is 0 Å². The van der Waals surface area contributed by atoms with Gasteiger partial charge in [-0.15, -0.1) is 0 Å². The smallest absolute Gasteiger partial charge is 0.225 e. The molecule has 2 aromatic carbocycles. The summed E-state index contributed by atoms with van der Waals surface area (Å²) < 4.78 is 26.5. The van der Waals surface area contributed by atoms with E-state index in [0.717, 1.165) is 5.56 Å². The standard InChI is InChI=1S/C17H17F2NO/c1-17(2,13-7-9-14(18)10-8-13)20-16(21)11-12-5-3-4-6-15(12)19/h3-10H,11H2,1-2H3,(H,20,21). The Labute approximate surface area is 122 Å². The van der Waals surface area contributed by atoms with Gasteiger partial charge in [0.05, 0.1) is 12.0 Å². The minimum absolute atomic E-state index is 0.0305. The van der Waals surface area contributed by atoms with E-state index in [1.807, 2.05) is 13.8 Å². The molecule has 0 unspecified atom stereocenters. The van der Waals surface area contributed by atoms with Gasteiger partial charge in [-0.2, -0.15) is 0 Å². The molecule has 2 rings (SSSR count). The zero-order valence-corrected chi connectivity index (χ0v) is 12.0. The van der Waals surface area contributed by atoms with Crippen molar-refractivity contribution in [3.8, 4) is 0 Å². The van der Waals surface area contributed by atoms with E-state index < -0.39 is 11.4 Å². The number of halogens is 2. The molecule has 2 nitrogen and oxygen atoms in total. The summed E-state index contributed by atoms with van der Waals surface area (Å²) in [5.41, 5.74) is 0.478. The van der Waals surface area contributed by atoms with Crippen molar-refractivity contribution in [3.05, 3.63) is 71.3 Å². The van der Waals surface area contributed by atoms with Crippen LogP contribution in [0.3, 0.4) is 0 Å². The highest BCUT2D eigenvalue weighted by Crippen LogP contribution is 2.20. The van der Waals surface area contributed by atoms with E-state index in [1.54, 1.807) is 30.3 Å². The van der Waals surface area contributed by atoms with Crippen LogP contribution in [0.2, 0.25) is 0 Å². The van der Waals surface area contributed by atoms with Crippen LogP contribution in [0.15, 0.2) is 48.5 Å². The number of hydrogen-bond donors (Lipinski definition) is 1. The molecule has 110 valence electrons. The summed E-state index contributed by atoms with van der Waals surface area (Å²) in [6, 6.07) is 12.1. The van der Waals surface area contributed by atoms with Gasteiger partial charge in [0.1, 0.15) is 11.6 Å². The van der Waals surface area contributed by atoms with Gasteiger partial charge in [0.25, 0.3) is 0 Å². The van der Waals surface area contributed by atoms with Crippen LogP contribution in [0.25, 0.3) is 0 Å². The van der Waals surface area contributed by atoms with Gasteiger partial charge >= 0.3 is 0 Å². The van der Waals surface area contributed by atoms with E-state index in [1.165, 1.54) is 18.2 Å². The first-order valence-electron chi connectivity index (χ1n) is 6.69. The van der Waals surface area contributed by atoms with Crippen LogP contribution in [-0.2, 0) is 16.8 Å². The number of hydrogen-bond acceptors (Lipinski definition) is 1. The highest BCUT2D eigenvalue weighted by Gasteiger charge is 2.23. The first-order valence-corrected chi connectivity index (χ1v) is 6.69. The summed E-state index contributed by atoms with van der Waals surface area (Å²) in [7, 11) is 0. The van der Waals surface area contributed by atoms with E-state index in [4.69, 9.17) is 0 Å². The van der Waals surface area contributed by atoms with Gasteiger partial charge in [-0.25, -0.2) is 8.78 Å². The average molecular weight is 289 g/mol. The maximum atomic E-state index is 13.5. The third-order valence-electron chi connectivity index (χ3n) is 3.33. The second-order valence-electron chi connectivity index (χ2n) is 5.45. The average Bonchev–Trinajstić information content (AvgIpc) is 2.41. The molecule has 0 bridgehead atoms. The topological polar surface area (TPSA) is 29.1 Å². The largest absolute Gasteiger partial charge is 0.347 e. The van der Waals surface area contributed by atoms with Crippen molar-refractivity contribution >= 4 is 5.91 Å². The fourth-order valence-electron chi connectivity index (χ4n) is 2.15. The maximum absolute atomic E-state index is 13.5. The summed E-state index contributed by atoms with van der Waals surface area (Å²) in [4.78, 5) is 12.1. The molecule has 0 aliphatic heterocycles. The summed E-state index contributed by atoms with van der Waals surface area (Å²) in [6.07, 6.45) is -0.0305. The maximum Gasteiger partial charge on any atom is 0.225 e. The molecular formula is C17H17F2NO. The Morgan fingerprint density at radius 1 is 1.05 bits per heavy atom. The normalized spacial score (nSPS) is 11.2. The molecule has 4 heteroatoms. The van der Waals surface area contributed by atoms with Gasteiger partial charge in [0.15, 0.2) is 0 Å². The first kappa shape index (κ1) is 15.2. The van der Waals surface area contributed by atoms with Crippen molar-refractivity contribution in [2.45, 2.75) is 25.8 Å². The quantitative estimate of drug-likeness (QED) is 0.916. The molecule has 0 radical (unpaired) electrons. The molecule has 1 N–H and O–H groups in total. The molecule has 0 aliphatic rings. The third kappa shape index (κ3) is 3.88. The summed E-state index contributed by atoms with van der Waals surface area (Å²) in [5.74, 6) is -1.01. The lowest BCUT2D eigenvalue weighted by molar-refractivity contribution is -0.122. The Bertz CT molecular complexity index is 635. The molecule has 1 amide bonds. The van der Waals surface area contributed by atoms with E-state index in [0.29, 0.717) is 5.56 Å². The van der Waals surface area contributed by atoms with E-state index in [-0.39, 0.29) is 18.1 Å². The zero-order chi connectivity index (χ0) is 15.5. The van der Waals surface area contributed by atoms with Gasteiger partial charge < -0.3 is 5.32 Å². The number of carbonyl (C=O) groups is 1. The fraction of sp³-hybridized carbons (Fsp3) is 0.235. The van der Waals surface area contributed by atoms with Gasteiger partial charge in [0.2, 0.25) is 5.91 Å². The number of amides is 1. The number of nitrogens with one attached hydrogen (secondary N) is 1. The summed E-state index contributed by atoms with van der Waals surface area (Å²) in [6.45, 7) is 3.64. The van der Waals surface area contributed by atoms with Crippen LogP contribution in [0, 0.1) is 11.6 Å². The third-order valence-corrected chi connectivity index (χ3v) is 3.33. The van der Waals surface area contributed by atoms with Crippen molar-refractivity contribution in [3.63, 3.8) is 0 Å². The van der Waals surface area contributed by atoms with Crippen LogP contribution in [0.4, 0.5) is 8.78 Å². The van der Waals surface area contributed by atoms with Crippen molar-refractivity contribution in [1.29, 1.82) is 0 Å². The Hall–Kier alpha value is -2.23. The first-order chi connectivity index (χ1) is 9.88. The van der Waals surface area contributed by atoms with Gasteiger partial charge in [-0.3, -0.25) is 4.79 Å². The Morgan fingerprint density at radius 3 is 2.29 bits per heavy atom. The van der Waals surface area contributed by atoms with Crippen LogP contribution in [-0.4, -0.2) is 5.91 Å². The van der Waals surface area contributed by atoms with Crippen molar-refractivity contribution in [2.24, 2.45) is 0 Å². The van der Waals surface area contributed by atoms with Crippen LogP contribution < -0.4 is 5.32 Å². The van der Waals surface area contributed by atoms with Gasteiger partial charge in [-0.05, 0) is 43.2 Å². The fourth-order valence-corrected chi connectivity index (χ4v) is 2.15. The molecule has 0 atom stereocenters. The number of carbonyl (C=O) groups excluding carboxylic acids is 1. The second kappa shape index (κ2) is 6.04. The molecule has 2 aromatic rings. The van der Waals surface area contributed by atoms with Crippen molar-refractivity contribution in [1.82, 2.24) is 5.32 Å². The minimum atomic E-state index is -0.657.